The summed E-state index contributed by atoms with van der Waals surface area (Å²) in [6.45, 7) is 4.37. The van der Waals surface area contributed by atoms with E-state index in [1.54, 1.807) is 18.2 Å². The van der Waals surface area contributed by atoms with Crippen LogP contribution in [0.4, 0.5) is 5.69 Å². The van der Waals surface area contributed by atoms with E-state index in [0.29, 0.717) is 27.2 Å². The number of nitrogens with two attached hydrogens (primary N) is 1. The first-order valence-corrected chi connectivity index (χ1v) is 7.46. The molecule has 0 saturated heterocycles. The highest BCUT2D eigenvalue weighted by Crippen LogP contribution is 2.26. The lowest BCUT2D eigenvalue weighted by molar-refractivity contribution is 0.103. The van der Waals surface area contributed by atoms with Crippen molar-refractivity contribution in [1.82, 2.24) is 0 Å². The molecular weight excluding hydrogens is 314 g/mol. The average Bonchev–Trinajstić information content (AvgIpc) is 2.41. The number of benzene rings is 2. The highest BCUT2D eigenvalue weighted by Gasteiger charge is 2.13. The zero-order valence-corrected chi connectivity index (χ0v) is 13.3. The quantitative estimate of drug-likeness (QED) is 0.663. The number of nitrogen functional groups attached to an aromatic ring is 1. The number of rotatable bonds is 4. The second-order valence-electron chi connectivity index (χ2n) is 5.33. The molecule has 2 nitrogen and oxygen atoms in total. The van der Waals surface area contributed by atoms with Gasteiger partial charge in [0.15, 0.2) is 5.78 Å². The van der Waals surface area contributed by atoms with Crippen LogP contribution >= 0.6 is 15.9 Å². The van der Waals surface area contributed by atoms with Gasteiger partial charge in [0.25, 0.3) is 0 Å². The van der Waals surface area contributed by atoms with E-state index in [9.17, 15) is 4.79 Å². The maximum atomic E-state index is 12.5. The molecule has 20 heavy (non-hydrogen) atoms. The normalized spacial score (nSPS) is 10.8. The van der Waals surface area contributed by atoms with Gasteiger partial charge in [-0.15, -0.1) is 0 Å². The van der Waals surface area contributed by atoms with E-state index in [1.807, 2.05) is 24.3 Å². The Morgan fingerprint density at radius 1 is 1.15 bits per heavy atom. The van der Waals surface area contributed by atoms with E-state index in [-0.39, 0.29) is 5.78 Å². The van der Waals surface area contributed by atoms with E-state index >= 15 is 0 Å². The first kappa shape index (κ1) is 14.8. The van der Waals surface area contributed by atoms with Crippen LogP contribution in [-0.4, -0.2) is 5.78 Å². The van der Waals surface area contributed by atoms with E-state index in [1.165, 1.54) is 5.56 Å². The summed E-state index contributed by atoms with van der Waals surface area (Å²) in [6, 6.07) is 13.2. The van der Waals surface area contributed by atoms with Crippen LogP contribution in [0.25, 0.3) is 0 Å². The molecule has 2 aromatic rings. The van der Waals surface area contributed by atoms with Crippen molar-refractivity contribution in [3.8, 4) is 0 Å². The van der Waals surface area contributed by atoms with Crippen molar-refractivity contribution in [2.75, 3.05) is 5.73 Å². The van der Waals surface area contributed by atoms with Gasteiger partial charge in [-0.2, -0.15) is 0 Å². The van der Waals surface area contributed by atoms with Crippen molar-refractivity contribution in [3.63, 3.8) is 0 Å². The van der Waals surface area contributed by atoms with Gasteiger partial charge in [-0.05, 0) is 46.0 Å². The molecule has 0 unspecified atom stereocenters. The standard InChI is InChI=1S/C17H18BrNO/c1-11(2)10-12-6-8-13(9-7-12)17(20)14-4-3-5-15(19)16(14)18/h3-9,11H,10,19H2,1-2H3. The molecule has 3 heteroatoms. The van der Waals surface area contributed by atoms with Gasteiger partial charge in [0.2, 0.25) is 0 Å². The molecular formula is C17H18BrNO. The Morgan fingerprint density at radius 3 is 2.40 bits per heavy atom. The Bertz CT molecular complexity index is 617. The van der Waals surface area contributed by atoms with Crippen molar-refractivity contribution >= 4 is 27.4 Å². The summed E-state index contributed by atoms with van der Waals surface area (Å²) in [5.74, 6) is 0.597. The molecule has 0 aliphatic carbocycles. The number of ketones is 1. The molecule has 2 aromatic carbocycles. The summed E-state index contributed by atoms with van der Waals surface area (Å²) >= 11 is 3.38. The molecule has 0 atom stereocenters. The zero-order chi connectivity index (χ0) is 14.7. The molecule has 0 aliphatic heterocycles. The van der Waals surface area contributed by atoms with Crippen LogP contribution in [0.5, 0.6) is 0 Å². The van der Waals surface area contributed by atoms with Gasteiger partial charge in [0.05, 0.1) is 4.47 Å². The van der Waals surface area contributed by atoms with Gasteiger partial charge in [0, 0.05) is 16.8 Å². The Hall–Kier alpha value is -1.61. The molecule has 2 N–H and O–H groups in total. The minimum absolute atomic E-state index is 0.0136. The highest BCUT2D eigenvalue weighted by atomic mass is 79.9. The summed E-state index contributed by atoms with van der Waals surface area (Å²) in [7, 11) is 0. The summed E-state index contributed by atoms with van der Waals surface area (Å²) < 4.78 is 0.663. The lowest BCUT2D eigenvalue weighted by Crippen LogP contribution is -2.04. The molecule has 0 bridgehead atoms. The van der Waals surface area contributed by atoms with Gasteiger partial charge in [0.1, 0.15) is 0 Å². The number of carbonyl (C=O) groups excluding carboxylic acids is 1. The van der Waals surface area contributed by atoms with E-state index in [4.69, 9.17) is 5.73 Å². The predicted molar refractivity (Wildman–Crippen MR) is 87.0 cm³/mol. The van der Waals surface area contributed by atoms with Gasteiger partial charge >= 0.3 is 0 Å². The smallest absolute Gasteiger partial charge is 0.194 e. The second-order valence-corrected chi connectivity index (χ2v) is 6.13. The van der Waals surface area contributed by atoms with Crippen LogP contribution in [-0.2, 0) is 6.42 Å². The number of carbonyl (C=O) groups is 1. The van der Waals surface area contributed by atoms with Crippen molar-refractivity contribution in [1.29, 1.82) is 0 Å². The molecule has 0 spiro atoms. The Morgan fingerprint density at radius 2 is 1.80 bits per heavy atom. The lowest BCUT2D eigenvalue weighted by atomic mass is 9.98. The van der Waals surface area contributed by atoms with Crippen LogP contribution in [0.1, 0.15) is 35.3 Å². The van der Waals surface area contributed by atoms with E-state index in [0.717, 1.165) is 6.42 Å². The number of anilines is 1. The van der Waals surface area contributed by atoms with Crippen LogP contribution < -0.4 is 5.73 Å². The maximum Gasteiger partial charge on any atom is 0.194 e. The monoisotopic (exact) mass is 331 g/mol. The molecule has 0 radical (unpaired) electrons. The lowest BCUT2D eigenvalue weighted by Gasteiger charge is -2.08. The third-order valence-electron chi connectivity index (χ3n) is 3.13. The Balaban J connectivity index is 2.27. The fourth-order valence-electron chi connectivity index (χ4n) is 2.14. The number of hydrogen-bond acceptors (Lipinski definition) is 2. The molecule has 0 saturated carbocycles. The Labute approximate surface area is 128 Å². The molecule has 0 fully saturated rings. The first-order chi connectivity index (χ1) is 9.49. The van der Waals surface area contributed by atoms with Gasteiger partial charge < -0.3 is 5.73 Å². The fourth-order valence-corrected chi connectivity index (χ4v) is 2.59. The number of hydrogen-bond donors (Lipinski definition) is 1. The van der Waals surface area contributed by atoms with Crippen molar-refractivity contribution in [2.45, 2.75) is 20.3 Å². The average molecular weight is 332 g/mol. The van der Waals surface area contributed by atoms with E-state index < -0.39 is 0 Å². The van der Waals surface area contributed by atoms with E-state index in [2.05, 4.69) is 29.8 Å². The molecule has 0 aromatic heterocycles. The van der Waals surface area contributed by atoms with Gasteiger partial charge in [-0.25, -0.2) is 0 Å². The van der Waals surface area contributed by atoms with Crippen LogP contribution in [0, 0.1) is 5.92 Å². The zero-order valence-electron chi connectivity index (χ0n) is 11.7. The molecule has 2 rings (SSSR count). The van der Waals surface area contributed by atoms with Crippen LogP contribution in [0.2, 0.25) is 0 Å². The SMILES string of the molecule is CC(C)Cc1ccc(C(=O)c2cccc(N)c2Br)cc1. The first-order valence-electron chi connectivity index (χ1n) is 6.66. The maximum absolute atomic E-state index is 12.5. The Kier molecular flexibility index (Phi) is 4.61. The van der Waals surface area contributed by atoms with Gasteiger partial charge in [-0.3, -0.25) is 4.79 Å². The second kappa shape index (κ2) is 6.23. The third kappa shape index (κ3) is 3.28. The van der Waals surface area contributed by atoms with Crippen LogP contribution in [0.15, 0.2) is 46.9 Å². The van der Waals surface area contributed by atoms with Crippen LogP contribution in [0.3, 0.4) is 0 Å². The van der Waals surface area contributed by atoms with Crippen molar-refractivity contribution in [2.24, 2.45) is 5.92 Å². The summed E-state index contributed by atoms with van der Waals surface area (Å²) in [4.78, 5) is 12.5. The minimum atomic E-state index is -0.0136. The highest BCUT2D eigenvalue weighted by molar-refractivity contribution is 9.10. The summed E-state index contributed by atoms with van der Waals surface area (Å²) in [5, 5.41) is 0. The van der Waals surface area contributed by atoms with Gasteiger partial charge in [-0.1, -0.05) is 44.2 Å². The fraction of sp³-hybridized carbons (Fsp3) is 0.235. The summed E-state index contributed by atoms with van der Waals surface area (Å²) in [6.07, 6.45) is 1.02. The third-order valence-corrected chi connectivity index (χ3v) is 4.02. The number of halogens is 1. The molecule has 0 heterocycles. The summed E-state index contributed by atoms with van der Waals surface area (Å²) in [5.41, 5.74) is 8.93. The molecule has 0 amide bonds. The largest absolute Gasteiger partial charge is 0.398 e. The van der Waals surface area contributed by atoms with Crippen molar-refractivity contribution in [3.05, 3.63) is 63.6 Å². The van der Waals surface area contributed by atoms with Crippen molar-refractivity contribution < 1.29 is 4.79 Å². The molecule has 0 aliphatic rings. The molecule has 104 valence electrons. The topological polar surface area (TPSA) is 43.1 Å². The predicted octanol–water partition coefficient (Wildman–Crippen LogP) is 4.46. The minimum Gasteiger partial charge on any atom is -0.398 e.